The quantitative estimate of drug-likeness (QED) is 0.575. The third-order valence-corrected chi connectivity index (χ3v) is 5.97. The lowest BCUT2D eigenvalue weighted by atomic mass is 9.87. The van der Waals surface area contributed by atoms with Crippen LogP contribution in [-0.4, -0.2) is 16.9 Å². The van der Waals surface area contributed by atoms with E-state index in [0.717, 1.165) is 5.56 Å². The van der Waals surface area contributed by atoms with Crippen LogP contribution in [0.25, 0.3) is 0 Å². The monoisotopic (exact) mass is 433 g/mol. The number of nitrogens with two attached hydrogens (primary N) is 1. The third-order valence-electron chi connectivity index (χ3n) is 5.72. The predicted molar refractivity (Wildman–Crippen MR) is 123 cm³/mol. The Morgan fingerprint density at radius 2 is 1.48 bits per heavy atom. The molecular weight excluding hydrogens is 410 g/mol. The number of nitrogens with zero attached hydrogens (tertiary/aromatic N) is 2. The Balaban J connectivity index is 1.80. The number of benzene rings is 3. The smallest absolute Gasteiger partial charge is 0.338 e. The molecule has 5 nitrogen and oxygen atoms in total. The van der Waals surface area contributed by atoms with E-state index in [-0.39, 0.29) is 17.9 Å². The summed E-state index contributed by atoms with van der Waals surface area (Å²) < 4.78 is 0. The van der Waals surface area contributed by atoms with Crippen molar-refractivity contribution >= 4 is 29.2 Å². The number of primary amides is 1. The van der Waals surface area contributed by atoms with Gasteiger partial charge in [0.1, 0.15) is 0 Å². The van der Waals surface area contributed by atoms with Crippen LogP contribution in [0.2, 0.25) is 5.02 Å². The second kappa shape index (κ2) is 9.23. The summed E-state index contributed by atoms with van der Waals surface area (Å²) in [5.74, 6) is 0.0429. The second-order valence-corrected chi connectivity index (χ2v) is 8.11. The predicted octanol–water partition coefficient (Wildman–Crippen LogP) is 5.68. The number of urea groups is 1. The topological polar surface area (TPSA) is 66.6 Å². The molecule has 1 fully saturated rings. The molecule has 1 saturated heterocycles. The Hall–Kier alpha value is -3.31. The molecule has 2 N–H and O–H groups in total. The van der Waals surface area contributed by atoms with E-state index in [2.05, 4.69) is 12.1 Å². The fourth-order valence-corrected chi connectivity index (χ4v) is 4.37. The lowest BCUT2D eigenvalue weighted by Gasteiger charge is -2.39. The maximum atomic E-state index is 13.4. The SMILES string of the molecule is NC(=O)N(c1ccc(Cl)cc1)N1C(=O)CCC(c2ccccc2)CC1c1ccccc1. The van der Waals surface area contributed by atoms with E-state index in [0.29, 0.717) is 30.0 Å². The largest absolute Gasteiger partial charge is 0.350 e. The zero-order valence-electron chi connectivity index (χ0n) is 17.0. The Labute approximate surface area is 187 Å². The highest BCUT2D eigenvalue weighted by molar-refractivity contribution is 6.30. The zero-order chi connectivity index (χ0) is 21.8. The number of hydrazine groups is 1. The minimum Gasteiger partial charge on any atom is -0.350 e. The van der Waals surface area contributed by atoms with E-state index >= 15 is 0 Å². The molecular formula is C25H24ClN3O2. The standard InChI is InChI=1S/C25H24ClN3O2/c26-21-12-14-22(15-13-21)28(25(27)31)29-23(19-9-5-2-6-10-19)17-20(11-16-24(29)30)18-7-3-1-4-8-18/h1-10,12-15,20,23H,11,16-17H2,(H2,27,31). The Kier molecular flexibility index (Phi) is 6.23. The van der Waals surface area contributed by atoms with Crippen LogP contribution >= 0.6 is 11.6 Å². The fraction of sp³-hybridized carbons (Fsp3) is 0.200. The maximum Gasteiger partial charge on any atom is 0.338 e. The molecule has 3 aromatic carbocycles. The highest BCUT2D eigenvalue weighted by atomic mass is 35.5. The molecule has 4 rings (SSSR count). The van der Waals surface area contributed by atoms with Gasteiger partial charge < -0.3 is 5.73 Å². The van der Waals surface area contributed by atoms with Crippen molar-refractivity contribution in [3.05, 3.63) is 101 Å². The van der Waals surface area contributed by atoms with Gasteiger partial charge in [-0.2, -0.15) is 5.01 Å². The number of hydrogen-bond donors (Lipinski definition) is 1. The number of halogens is 1. The van der Waals surface area contributed by atoms with Crippen LogP contribution in [0, 0.1) is 0 Å². The summed E-state index contributed by atoms with van der Waals surface area (Å²) >= 11 is 6.03. The van der Waals surface area contributed by atoms with Crippen molar-refractivity contribution in [2.75, 3.05) is 5.01 Å². The average Bonchev–Trinajstić information content (AvgIpc) is 2.96. The molecule has 0 aliphatic carbocycles. The first-order valence-electron chi connectivity index (χ1n) is 10.3. The van der Waals surface area contributed by atoms with Gasteiger partial charge in [0.25, 0.3) is 0 Å². The number of amides is 3. The van der Waals surface area contributed by atoms with Crippen LogP contribution in [-0.2, 0) is 4.79 Å². The number of anilines is 1. The molecule has 2 unspecified atom stereocenters. The number of hydrogen-bond acceptors (Lipinski definition) is 2. The molecule has 0 radical (unpaired) electrons. The third kappa shape index (κ3) is 4.57. The first-order valence-corrected chi connectivity index (χ1v) is 10.7. The van der Waals surface area contributed by atoms with Crippen LogP contribution < -0.4 is 10.7 Å². The molecule has 0 saturated carbocycles. The van der Waals surface area contributed by atoms with E-state index in [1.54, 1.807) is 24.3 Å². The van der Waals surface area contributed by atoms with Crippen molar-refractivity contribution < 1.29 is 9.59 Å². The van der Waals surface area contributed by atoms with Crippen LogP contribution in [0.1, 0.15) is 42.3 Å². The molecule has 3 amide bonds. The van der Waals surface area contributed by atoms with Crippen LogP contribution in [0.3, 0.4) is 0 Å². The summed E-state index contributed by atoms with van der Waals surface area (Å²) in [5, 5.41) is 3.35. The van der Waals surface area contributed by atoms with E-state index in [4.69, 9.17) is 17.3 Å². The summed E-state index contributed by atoms with van der Waals surface area (Å²) in [4.78, 5) is 26.0. The highest BCUT2D eigenvalue weighted by Crippen LogP contribution is 2.40. The lowest BCUT2D eigenvalue weighted by molar-refractivity contribution is -0.133. The lowest BCUT2D eigenvalue weighted by Crippen LogP contribution is -2.53. The average molecular weight is 434 g/mol. The van der Waals surface area contributed by atoms with Gasteiger partial charge in [0.2, 0.25) is 5.91 Å². The van der Waals surface area contributed by atoms with Crippen molar-refractivity contribution in [3.63, 3.8) is 0 Å². The second-order valence-electron chi connectivity index (χ2n) is 7.67. The maximum absolute atomic E-state index is 13.4. The summed E-state index contributed by atoms with van der Waals surface area (Å²) in [7, 11) is 0. The Bertz CT molecular complexity index is 1040. The van der Waals surface area contributed by atoms with Gasteiger partial charge in [-0.3, -0.25) is 4.79 Å². The zero-order valence-corrected chi connectivity index (χ0v) is 17.8. The molecule has 1 heterocycles. The molecule has 0 spiro atoms. The van der Waals surface area contributed by atoms with Gasteiger partial charge in [-0.25, -0.2) is 9.80 Å². The molecule has 0 aromatic heterocycles. The number of carbonyl (C=O) groups is 2. The molecule has 3 aromatic rings. The molecule has 158 valence electrons. The van der Waals surface area contributed by atoms with E-state index in [9.17, 15) is 9.59 Å². The minimum absolute atomic E-state index is 0.138. The van der Waals surface area contributed by atoms with Gasteiger partial charge in [0.05, 0.1) is 11.7 Å². The number of carbonyl (C=O) groups excluding carboxylic acids is 2. The molecule has 1 aliphatic rings. The van der Waals surface area contributed by atoms with Gasteiger partial charge in [-0.15, -0.1) is 0 Å². The highest BCUT2D eigenvalue weighted by Gasteiger charge is 2.38. The summed E-state index contributed by atoms with van der Waals surface area (Å²) in [5.41, 5.74) is 8.45. The molecule has 31 heavy (non-hydrogen) atoms. The van der Waals surface area contributed by atoms with E-state index < -0.39 is 6.03 Å². The van der Waals surface area contributed by atoms with Gasteiger partial charge in [-0.1, -0.05) is 72.3 Å². The van der Waals surface area contributed by atoms with Crippen LogP contribution in [0.15, 0.2) is 84.9 Å². The Morgan fingerprint density at radius 3 is 2.06 bits per heavy atom. The molecule has 1 aliphatic heterocycles. The van der Waals surface area contributed by atoms with Crippen molar-refractivity contribution in [1.29, 1.82) is 0 Å². The van der Waals surface area contributed by atoms with E-state index in [1.807, 2.05) is 48.5 Å². The summed E-state index contributed by atoms with van der Waals surface area (Å²) in [6.45, 7) is 0. The van der Waals surface area contributed by atoms with Crippen LogP contribution in [0.4, 0.5) is 10.5 Å². The van der Waals surface area contributed by atoms with Crippen molar-refractivity contribution in [2.45, 2.75) is 31.2 Å². The number of rotatable bonds is 4. The Morgan fingerprint density at radius 1 is 0.903 bits per heavy atom. The van der Waals surface area contributed by atoms with Gasteiger partial charge in [0, 0.05) is 11.4 Å². The summed E-state index contributed by atoms with van der Waals surface area (Å²) in [6, 6.07) is 25.7. The van der Waals surface area contributed by atoms with Crippen LogP contribution in [0.5, 0.6) is 0 Å². The first-order chi connectivity index (χ1) is 15.0. The molecule has 2 atom stereocenters. The summed E-state index contributed by atoms with van der Waals surface area (Å²) in [6.07, 6.45) is 1.70. The van der Waals surface area contributed by atoms with Gasteiger partial charge in [0.15, 0.2) is 0 Å². The minimum atomic E-state index is -0.713. The first kappa shape index (κ1) is 20.9. The van der Waals surface area contributed by atoms with Crippen molar-refractivity contribution in [3.8, 4) is 0 Å². The van der Waals surface area contributed by atoms with E-state index in [1.165, 1.54) is 15.6 Å². The fourth-order valence-electron chi connectivity index (χ4n) is 4.24. The van der Waals surface area contributed by atoms with Gasteiger partial charge in [-0.05, 0) is 54.2 Å². The van der Waals surface area contributed by atoms with Gasteiger partial charge >= 0.3 is 6.03 Å². The molecule has 0 bridgehead atoms. The normalized spacial score (nSPS) is 19.0. The van der Waals surface area contributed by atoms with Crippen molar-refractivity contribution in [2.24, 2.45) is 5.73 Å². The van der Waals surface area contributed by atoms with Crippen molar-refractivity contribution in [1.82, 2.24) is 5.01 Å². The molecule has 6 heteroatoms.